The molecular formula is C16H24N2O2. The molecule has 1 fully saturated rings. The van der Waals surface area contributed by atoms with Crippen molar-refractivity contribution >= 4 is 5.69 Å². The third-order valence-electron chi connectivity index (χ3n) is 4.86. The van der Waals surface area contributed by atoms with Crippen LogP contribution in [0.25, 0.3) is 0 Å². The van der Waals surface area contributed by atoms with Crippen LogP contribution in [0.2, 0.25) is 0 Å². The molecule has 0 saturated heterocycles. The normalized spacial score (nSPS) is 27.5. The molecule has 1 aliphatic carbocycles. The molecule has 2 rings (SSSR count). The minimum Gasteiger partial charge on any atom is -0.307 e. The van der Waals surface area contributed by atoms with Crippen molar-refractivity contribution in [2.75, 3.05) is 0 Å². The Hall–Kier alpha value is -1.42. The van der Waals surface area contributed by atoms with Crippen molar-refractivity contribution in [3.63, 3.8) is 0 Å². The van der Waals surface area contributed by atoms with E-state index in [0.717, 1.165) is 11.5 Å². The van der Waals surface area contributed by atoms with E-state index in [1.54, 1.807) is 13.0 Å². The van der Waals surface area contributed by atoms with Crippen LogP contribution in [0.1, 0.15) is 50.8 Å². The molecule has 4 unspecified atom stereocenters. The van der Waals surface area contributed by atoms with Crippen molar-refractivity contribution in [2.24, 2.45) is 11.8 Å². The quantitative estimate of drug-likeness (QED) is 0.668. The Morgan fingerprint density at radius 2 is 2.05 bits per heavy atom. The maximum Gasteiger partial charge on any atom is 0.272 e. The molecule has 4 heteroatoms. The lowest BCUT2D eigenvalue weighted by Crippen LogP contribution is -2.34. The van der Waals surface area contributed by atoms with Crippen molar-refractivity contribution in [3.8, 4) is 0 Å². The van der Waals surface area contributed by atoms with Gasteiger partial charge in [-0.3, -0.25) is 10.1 Å². The van der Waals surface area contributed by atoms with Gasteiger partial charge in [0.2, 0.25) is 0 Å². The van der Waals surface area contributed by atoms with Crippen molar-refractivity contribution < 1.29 is 4.92 Å². The Bertz CT molecular complexity index is 501. The van der Waals surface area contributed by atoms with E-state index >= 15 is 0 Å². The van der Waals surface area contributed by atoms with Gasteiger partial charge in [0.15, 0.2) is 0 Å². The summed E-state index contributed by atoms with van der Waals surface area (Å²) >= 11 is 0. The SMILES string of the molecule is Cc1ccc(C(C)NC2CCC(C)C2C)cc1[N+](=O)[O-]. The number of rotatable bonds is 4. The fourth-order valence-corrected chi connectivity index (χ4v) is 3.11. The lowest BCUT2D eigenvalue weighted by molar-refractivity contribution is -0.385. The fraction of sp³-hybridized carbons (Fsp3) is 0.625. The van der Waals surface area contributed by atoms with Crippen molar-refractivity contribution in [1.82, 2.24) is 5.32 Å². The van der Waals surface area contributed by atoms with Gasteiger partial charge < -0.3 is 5.32 Å². The zero-order valence-corrected chi connectivity index (χ0v) is 12.7. The third kappa shape index (κ3) is 3.01. The maximum absolute atomic E-state index is 11.0. The number of nitrogens with zero attached hydrogens (tertiary/aromatic N) is 1. The Morgan fingerprint density at radius 1 is 1.35 bits per heavy atom. The monoisotopic (exact) mass is 276 g/mol. The predicted molar refractivity (Wildman–Crippen MR) is 80.7 cm³/mol. The van der Waals surface area contributed by atoms with Gasteiger partial charge in [0.1, 0.15) is 0 Å². The van der Waals surface area contributed by atoms with E-state index in [0.29, 0.717) is 17.5 Å². The summed E-state index contributed by atoms with van der Waals surface area (Å²) in [4.78, 5) is 10.7. The second-order valence-corrected chi connectivity index (χ2v) is 6.21. The lowest BCUT2D eigenvalue weighted by Gasteiger charge is -2.24. The number of hydrogen-bond donors (Lipinski definition) is 1. The van der Waals surface area contributed by atoms with E-state index in [2.05, 4.69) is 26.1 Å². The van der Waals surface area contributed by atoms with Crippen LogP contribution in [-0.2, 0) is 0 Å². The van der Waals surface area contributed by atoms with Crippen molar-refractivity contribution in [2.45, 2.75) is 52.6 Å². The van der Waals surface area contributed by atoms with Crippen LogP contribution in [0, 0.1) is 28.9 Å². The molecule has 1 aromatic carbocycles. The van der Waals surface area contributed by atoms with Crippen LogP contribution in [0.15, 0.2) is 18.2 Å². The highest BCUT2D eigenvalue weighted by Gasteiger charge is 2.30. The molecule has 4 nitrogen and oxygen atoms in total. The van der Waals surface area contributed by atoms with Crippen molar-refractivity contribution in [1.29, 1.82) is 0 Å². The standard InChI is InChI=1S/C16H24N2O2/c1-10-6-8-15(12(10)3)17-13(4)14-7-5-11(2)16(9-14)18(19)20/h5,7,9-10,12-13,15,17H,6,8H2,1-4H3. The van der Waals surface area contributed by atoms with Gasteiger partial charge in [0, 0.05) is 23.7 Å². The van der Waals surface area contributed by atoms with E-state index in [1.807, 2.05) is 12.1 Å². The number of benzene rings is 1. The topological polar surface area (TPSA) is 55.2 Å². The van der Waals surface area contributed by atoms with Crippen molar-refractivity contribution in [3.05, 3.63) is 39.4 Å². The van der Waals surface area contributed by atoms with Crippen LogP contribution in [0.5, 0.6) is 0 Å². The number of nitrogens with one attached hydrogen (secondary N) is 1. The van der Waals surface area contributed by atoms with E-state index in [4.69, 9.17) is 0 Å². The minimum atomic E-state index is -0.300. The summed E-state index contributed by atoms with van der Waals surface area (Å²) in [5.41, 5.74) is 1.92. The highest BCUT2D eigenvalue weighted by atomic mass is 16.6. The largest absolute Gasteiger partial charge is 0.307 e. The first-order valence-corrected chi connectivity index (χ1v) is 7.41. The summed E-state index contributed by atoms with van der Waals surface area (Å²) in [5.74, 6) is 1.42. The number of nitro groups is 1. The molecule has 1 N–H and O–H groups in total. The smallest absolute Gasteiger partial charge is 0.272 e. The molecule has 0 radical (unpaired) electrons. The summed E-state index contributed by atoms with van der Waals surface area (Å²) in [7, 11) is 0. The summed E-state index contributed by atoms with van der Waals surface area (Å²) in [6.45, 7) is 8.46. The molecule has 0 bridgehead atoms. The average Bonchev–Trinajstić information content (AvgIpc) is 2.71. The zero-order chi connectivity index (χ0) is 14.9. The van der Waals surface area contributed by atoms with Gasteiger partial charge in [-0.05, 0) is 44.1 Å². The molecule has 0 spiro atoms. The molecule has 110 valence electrons. The molecular weight excluding hydrogens is 252 g/mol. The van der Waals surface area contributed by atoms with Crippen LogP contribution >= 0.6 is 0 Å². The molecule has 0 heterocycles. The number of hydrogen-bond acceptors (Lipinski definition) is 3. The highest BCUT2D eigenvalue weighted by molar-refractivity contribution is 5.43. The lowest BCUT2D eigenvalue weighted by atomic mass is 9.96. The number of nitro benzene ring substituents is 1. The fourth-order valence-electron chi connectivity index (χ4n) is 3.11. The minimum absolute atomic E-state index is 0.145. The predicted octanol–water partition coefficient (Wildman–Crippen LogP) is 3.99. The van der Waals surface area contributed by atoms with Gasteiger partial charge >= 0.3 is 0 Å². The van der Waals surface area contributed by atoms with Gasteiger partial charge in [0.05, 0.1) is 4.92 Å². The summed E-state index contributed by atoms with van der Waals surface area (Å²) in [6, 6.07) is 6.19. The Morgan fingerprint density at radius 3 is 2.60 bits per heavy atom. The van der Waals surface area contributed by atoms with E-state index < -0.39 is 0 Å². The molecule has 0 aliphatic heterocycles. The van der Waals surface area contributed by atoms with E-state index in [9.17, 15) is 10.1 Å². The van der Waals surface area contributed by atoms with Crippen LogP contribution in [0.3, 0.4) is 0 Å². The Labute approximate surface area is 120 Å². The van der Waals surface area contributed by atoms with Crippen LogP contribution in [0.4, 0.5) is 5.69 Å². The first-order valence-electron chi connectivity index (χ1n) is 7.41. The maximum atomic E-state index is 11.0. The zero-order valence-electron chi connectivity index (χ0n) is 12.7. The van der Waals surface area contributed by atoms with Gasteiger partial charge in [-0.2, -0.15) is 0 Å². The first kappa shape index (κ1) is 15.0. The third-order valence-corrected chi connectivity index (χ3v) is 4.86. The summed E-state index contributed by atoms with van der Waals surface area (Å²) in [6.07, 6.45) is 2.46. The van der Waals surface area contributed by atoms with E-state index in [-0.39, 0.29) is 16.7 Å². The molecule has 20 heavy (non-hydrogen) atoms. The van der Waals surface area contributed by atoms with Gasteiger partial charge in [-0.15, -0.1) is 0 Å². The molecule has 1 saturated carbocycles. The second-order valence-electron chi connectivity index (χ2n) is 6.21. The Kier molecular flexibility index (Phi) is 4.43. The van der Waals surface area contributed by atoms with Gasteiger partial charge in [-0.25, -0.2) is 0 Å². The van der Waals surface area contributed by atoms with Gasteiger partial charge in [-0.1, -0.05) is 26.0 Å². The highest BCUT2D eigenvalue weighted by Crippen LogP contribution is 2.33. The van der Waals surface area contributed by atoms with Crippen LogP contribution < -0.4 is 5.32 Å². The van der Waals surface area contributed by atoms with Gasteiger partial charge in [0.25, 0.3) is 5.69 Å². The molecule has 1 aliphatic rings. The summed E-state index contributed by atoms with van der Waals surface area (Å²) < 4.78 is 0. The number of aryl methyl sites for hydroxylation is 1. The van der Waals surface area contributed by atoms with E-state index in [1.165, 1.54) is 12.8 Å². The molecule has 0 aromatic heterocycles. The Balaban J connectivity index is 2.11. The molecule has 0 amide bonds. The molecule has 1 aromatic rings. The van der Waals surface area contributed by atoms with Crippen LogP contribution in [-0.4, -0.2) is 11.0 Å². The second kappa shape index (κ2) is 5.92. The summed E-state index contributed by atoms with van der Waals surface area (Å²) in [5, 5.41) is 14.7. The first-order chi connectivity index (χ1) is 9.40. The average molecular weight is 276 g/mol. The molecule has 4 atom stereocenters.